The summed E-state index contributed by atoms with van der Waals surface area (Å²) in [6, 6.07) is 0. The summed E-state index contributed by atoms with van der Waals surface area (Å²) in [4.78, 5) is 10.4. The number of rotatable bonds is 4. The number of aldehydes is 1. The number of aromatic nitrogens is 2. The summed E-state index contributed by atoms with van der Waals surface area (Å²) in [5.74, 6) is 6.67. The van der Waals surface area contributed by atoms with Crippen molar-refractivity contribution >= 4 is 6.29 Å². The smallest absolute Gasteiger partial charge is 0.153 e. The van der Waals surface area contributed by atoms with E-state index in [-0.39, 0.29) is 0 Å². The van der Waals surface area contributed by atoms with E-state index in [0.29, 0.717) is 11.5 Å². The van der Waals surface area contributed by atoms with Gasteiger partial charge in [-0.1, -0.05) is 13.8 Å². The molecular weight excluding hydrogens is 188 g/mol. The predicted molar refractivity (Wildman–Crippen MR) is 59.5 cm³/mol. The zero-order valence-electron chi connectivity index (χ0n) is 9.23. The summed E-state index contributed by atoms with van der Waals surface area (Å²) in [6.45, 7) is 4.98. The third-order valence-corrected chi connectivity index (χ3v) is 1.87. The molecule has 0 aliphatic rings. The number of unbranched alkanes of at least 4 members (excludes halogenated alkanes) is 1. The lowest BCUT2D eigenvalue weighted by Crippen LogP contribution is -1.97. The standard InChI is InChI=1S/C12H16N2O/c1-11(2)6-4-3-5-7-14-9-12(10-15)8-13-14/h8-11H,3,5,7H2,1-2H3. The van der Waals surface area contributed by atoms with Crippen LogP contribution in [0.3, 0.4) is 0 Å². The molecule has 0 N–H and O–H groups in total. The largest absolute Gasteiger partial charge is 0.298 e. The van der Waals surface area contributed by atoms with Gasteiger partial charge in [-0.05, 0) is 6.42 Å². The molecule has 3 nitrogen and oxygen atoms in total. The lowest BCUT2D eigenvalue weighted by Gasteiger charge is -1.96. The molecule has 1 heterocycles. The highest BCUT2D eigenvalue weighted by Gasteiger charge is 1.95. The molecule has 0 amide bonds. The number of carbonyl (C=O) groups excluding carboxylic acids is 1. The van der Waals surface area contributed by atoms with Crippen LogP contribution in [0.2, 0.25) is 0 Å². The highest BCUT2D eigenvalue weighted by Crippen LogP contribution is 1.97. The lowest BCUT2D eigenvalue weighted by molar-refractivity contribution is 0.112. The Morgan fingerprint density at radius 3 is 3.00 bits per heavy atom. The Bertz CT molecular complexity index is 368. The molecule has 0 atom stereocenters. The summed E-state index contributed by atoms with van der Waals surface area (Å²) in [6.07, 6.45) is 5.99. The van der Waals surface area contributed by atoms with Crippen molar-refractivity contribution in [3.05, 3.63) is 18.0 Å². The van der Waals surface area contributed by atoms with Gasteiger partial charge in [-0.2, -0.15) is 5.10 Å². The van der Waals surface area contributed by atoms with Crippen molar-refractivity contribution in [2.75, 3.05) is 0 Å². The van der Waals surface area contributed by atoms with E-state index < -0.39 is 0 Å². The van der Waals surface area contributed by atoms with Crippen molar-refractivity contribution in [3.63, 3.8) is 0 Å². The van der Waals surface area contributed by atoms with Gasteiger partial charge >= 0.3 is 0 Å². The molecule has 80 valence electrons. The average Bonchev–Trinajstić information content (AvgIpc) is 2.65. The van der Waals surface area contributed by atoms with Crippen molar-refractivity contribution in [2.45, 2.75) is 33.2 Å². The fourth-order valence-corrected chi connectivity index (χ4v) is 1.17. The highest BCUT2D eigenvalue weighted by atomic mass is 16.1. The highest BCUT2D eigenvalue weighted by molar-refractivity contribution is 5.73. The van der Waals surface area contributed by atoms with Gasteiger partial charge in [0.25, 0.3) is 0 Å². The van der Waals surface area contributed by atoms with Crippen LogP contribution in [0.5, 0.6) is 0 Å². The van der Waals surface area contributed by atoms with Crippen LogP contribution in [0.4, 0.5) is 0 Å². The Morgan fingerprint density at radius 2 is 2.40 bits per heavy atom. The van der Waals surface area contributed by atoms with Crippen molar-refractivity contribution in [1.82, 2.24) is 9.78 Å². The second kappa shape index (κ2) is 6.02. The number of nitrogens with zero attached hydrogens (tertiary/aromatic N) is 2. The molecular formula is C12H16N2O. The van der Waals surface area contributed by atoms with Crippen LogP contribution < -0.4 is 0 Å². The Kier molecular flexibility index (Phi) is 4.62. The molecule has 0 aliphatic heterocycles. The topological polar surface area (TPSA) is 34.9 Å². The van der Waals surface area contributed by atoms with E-state index in [0.717, 1.165) is 25.7 Å². The van der Waals surface area contributed by atoms with Gasteiger partial charge in [0, 0.05) is 25.1 Å². The number of hydrogen-bond donors (Lipinski definition) is 0. The first kappa shape index (κ1) is 11.5. The fraction of sp³-hybridized carbons (Fsp3) is 0.500. The van der Waals surface area contributed by atoms with Crippen molar-refractivity contribution < 1.29 is 4.79 Å². The van der Waals surface area contributed by atoms with Crippen LogP contribution in [0.25, 0.3) is 0 Å². The van der Waals surface area contributed by atoms with E-state index >= 15 is 0 Å². The molecule has 0 fully saturated rings. The van der Waals surface area contributed by atoms with E-state index in [1.165, 1.54) is 0 Å². The zero-order valence-corrected chi connectivity index (χ0v) is 9.23. The van der Waals surface area contributed by atoms with Gasteiger partial charge < -0.3 is 0 Å². The molecule has 1 aromatic heterocycles. The van der Waals surface area contributed by atoms with E-state index in [9.17, 15) is 4.79 Å². The Hall–Kier alpha value is -1.56. The van der Waals surface area contributed by atoms with Gasteiger partial charge in [0.05, 0.1) is 11.8 Å². The van der Waals surface area contributed by atoms with Crippen LogP contribution in [0.15, 0.2) is 12.4 Å². The molecule has 0 aromatic carbocycles. The number of hydrogen-bond acceptors (Lipinski definition) is 2. The minimum atomic E-state index is 0.441. The maximum Gasteiger partial charge on any atom is 0.153 e. The summed E-state index contributed by atoms with van der Waals surface area (Å²) < 4.78 is 1.78. The van der Waals surface area contributed by atoms with Gasteiger partial charge in [0.15, 0.2) is 6.29 Å². The number of aryl methyl sites for hydroxylation is 1. The first-order chi connectivity index (χ1) is 7.22. The Balaban J connectivity index is 2.26. The summed E-state index contributed by atoms with van der Waals surface area (Å²) in [5, 5.41) is 4.06. The Morgan fingerprint density at radius 1 is 1.60 bits per heavy atom. The van der Waals surface area contributed by atoms with Gasteiger partial charge in [0.2, 0.25) is 0 Å². The first-order valence-corrected chi connectivity index (χ1v) is 5.18. The second-order valence-corrected chi connectivity index (χ2v) is 3.73. The molecule has 0 unspecified atom stereocenters. The van der Waals surface area contributed by atoms with Crippen LogP contribution in [-0.4, -0.2) is 16.1 Å². The lowest BCUT2D eigenvalue weighted by atomic mass is 10.2. The van der Waals surface area contributed by atoms with Crippen LogP contribution >= 0.6 is 0 Å². The summed E-state index contributed by atoms with van der Waals surface area (Å²) >= 11 is 0. The molecule has 0 spiro atoms. The van der Waals surface area contributed by atoms with E-state index in [2.05, 4.69) is 30.8 Å². The molecule has 1 aromatic rings. The van der Waals surface area contributed by atoms with Gasteiger partial charge in [-0.15, -0.1) is 11.8 Å². The fourth-order valence-electron chi connectivity index (χ4n) is 1.17. The van der Waals surface area contributed by atoms with Crippen molar-refractivity contribution in [2.24, 2.45) is 5.92 Å². The van der Waals surface area contributed by atoms with Crippen molar-refractivity contribution in [1.29, 1.82) is 0 Å². The third kappa shape index (κ3) is 4.46. The van der Waals surface area contributed by atoms with Gasteiger partial charge in [-0.25, -0.2) is 0 Å². The molecule has 1 rings (SSSR count). The van der Waals surface area contributed by atoms with Crippen LogP contribution in [0.1, 0.15) is 37.0 Å². The van der Waals surface area contributed by atoms with E-state index in [1.807, 2.05) is 0 Å². The third-order valence-electron chi connectivity index (χ3n) is 1.87. The Labute approximate surface area is 90.5 Å². The van der Waals surface area contributed by atoms with Gasteiger partial charge in [0.1, 0.15) is 0 Å². The molecule has 0 bridgehead atoms. The molecule has 3 heteroatoms. The van der Waals surface area contributed by atoms with Crippen LogP contribution in [-0.2, 0) is 6.54 Å². The monoisotopic (exact) mass is 204 g/mol. The minimum Gasteiger partial charge on any atom is -0.298 e. The maximum atomic E-state index is 10.4. The summed E-state index contributed by atoms with van der Waals surface area (Å²) in [5.41, 5.74) is 0.628. The SMILES string of the molecule is CC(C)C#CCCCn1cc(C=O)cn1. The molecule has 0 aliphatic carbocycles. The minimum absolute atomic E-state index is 0.441. The van der Waals surface area contributed by atoms with Crippen molar-refractivity contribution in [3.8, 4) is 11.8 Å². The van der Waals surface area contributed by atoms with E-state index in [1.54, 1.807) is 17.1 Å². The summed E-state index contributed by atoms with van der Waals surface area (Å²) in [7, 11) is 0. The molecule has 0 saturated carbocycles. The quantitative estimate of drug-likeness (QED) is 0.428. The predicted octanol–water partition coefficient (Wildman–Crippen LogP) is 2.14. The zero-order chi connectivity index (χ0) is 11.1. The molecule has 15 heavy (non-hydrogen) atoms. The average molecular weight is 204 g/mol. The normalized spacial score (nSPS) is 9.80. The van der Waals surface area contributed by atoms with Gasteiger partial charge in [-0.3, -0.25) is 9.48 Å². The van der Waals surface area contributed by atoms with Crippen LogP contribution in [0, 0.1) is 17.8 Å². The van der Waals surface area contributed by atoms with E-state index in [4.69, 9.17) is 0 Å². The number of carbonyl (C=O) groups is 1. The maximum absolute atomic E-state index is 10.4. The second-order valence-electron chi connectivity index (χ2n) is 3.73. The molecule has 0 radical (unpaired) electrons. The molecule has 0 saturated heterocycles. The first-order valence-electron chi connectivity index (χ1n) is 5.18.